The molecule has 0 saturated heterocycles. The Hall–Kier alpha value is -2.14. The van der Waals surface area contributed by atoms with Crippen molar-refractivity contribution in [3.63, 3.8) is 0 Å². The second kappa shape index (κ2) is 3.43. The molecule has 0 aromatic heterocycles. The molecule has 2 N–H and O–H groups in total. The van der Waals surface area contributed by atoms with Crippen molar-refractivity contribution >= 4 is 21.3 Å². The van der Waals surface area contributed by atoms with E-state index in [4.69, 9.17) is 5.73 Å². The van der Waals surface area contributed by atoms with Crippen molar-refractivity contribution in [2.45, 2.75) is 9.79 Å². The van der Waals surface area contributed by atoms with Crippen LogP contribution in [0, 0.1) is 0 Å². The molecule has 0 atom stereocenters. The van der Waals surface area contributed by atoms with Gasteiger partial charge in [0.2, 0.25) is 9.84 Å². The highest BCUT2D eigenvalue weighted by atomic mass is 32.2. The zero-order chi connectivity index (χ0) is 12.9. The Morgan fingerprint density at radius 1 is 0.889 bits per heavy atom. The van der Waals surface area contributed by atoms with Gasteiger partial charge in [-0.05, 0) is 30.3 Å². The van der Waals surface area contributed by atoms with Gasteiger partial charge in [-0.2, -0.15) is 0 Å². The van der Waals surface area contributed by atoms with Gasteiger partial charge in [-0.25, -0.2) is 8.42 Å². The maximum absolute atomic E-state index is 12.4. The maximum Gasteiger partial charge on any atom is 0.208 e. The molecule has 0 bridgehead atoms. The first-order chi connectivity index (χ1) is 8.51. The fourth-order valence-corrected chi connectivity index (χ4v) is 3.74. The van der Waals surface area contributed by atoms with E-state index in [0.29, 0.717) is 5.69 Å². The SMILES string of the molecule is Nc1ccc2c(c1)C(=O)c1ccccc1S2(=O)=O. The molecule has 2 aromatic rings. The largest absolute Gasteiger partial charge is 0.399 e. The lowest BCUT2D eigenvalue weighted by molar-refractivity contribution is 0.103. The van der Waals surface area contributed by atoms with E-state index in [9.17, 15) is 13.2 Å². The maximum atomic E-state index is 12.4. The third-order valence-electron chi connectivity index (χ3n) is 2.96. The Morgan fingerprint density at radius 3 is 2.33 bits per heavy atom. The molecule has 0 saturated carbocycles. The van der Waals surface area contributed by atoms with Crippen LogP contribution in [0.2, 0.25) is 0 Å². The summed E-state index contributed by atoms with van der Waals surface area (Å²) in [5.74, 6) is -0.303. The summed E-state index contributed by atoms with van der Waals surface area (Å²) in [5.41, 5.74) is 6.33. The number of anilines is 1. The predicted molar refractivity (Wildman–Crippen MR) is 66.2 cm³/mol. The molecule has 2 aromatic carbocycles. The molecular formula is C13H9NO3S. The van der Waals surface area contributed by atoms with E-state index in [0.717, 1.165) is 0 Å². The Balaban J connectivity index is 2.45. The Kier molecular flexibility index (Phi) is 2.09. The third kappa shape index (κ3) is 1.31. The van der Waals surface area contributed by atoms with Gasteiger partial charge in [-0.1, -0.05) is 12.1 Å². The molecule has 0 amide bonds. The van der Waals surface area contributed by atoms with E-state index in [1.807, 2.05) is 0 Å². The van der Waals surface area contributed by atoms with E-state index in [2.05, 4.69) is 0 Å². The van der Waals surface area contributed by atoms with Gasteiger partial charge in [0.25, 0.3) is 0 Å². The number of nitrogens with two attached hydrogens (primary N) is 1. The molecule has 0 unspecified atom stereocenters. The summed E-state index contributed by atoms with van der Waals surface area (Å²) < 4.78 is 24.7. The summed E-state index contributed by atoms with van der Waals surface area (Å²) in [4.78, 5) is 12.3. The lowest BCUT2D eigenvalue weighted by Crippen LogP contribution is -2.20. The van der Waals surface area contributed by atoms with Gasteiger partial charge in [0.05, 0.1) is 9.79 Å². The normalized spacial score (nSPS) is 15.9. The fraction of sp³-hybridized carbons (Fsp3) is 0. The molecule has 3 rings (SSSR count). The van der Waals surface area contributed by atoms with E-state index in [-0.39, 0.29) is 26.7 Å². The van der Waals surface area contributed by atoms with Gasteiger partial charge < -0.3 is 5.73 Å². The number of ketones is 1. The zero-order valence-electron chi connectivity index (χ0n) is 9.25. The highest BCUT2D eigenvalue weighted by Gasteiger charge is 2.34. The highest BCUT2D eigenvalue weighted by Crippen LogP contribution is 2.34. The summed E-state index contributed by atoms with van der Waals surface area (Å²) in [6, 6.07) is 10.5. The van der Waals surface area contributed by atoms with Crippen molar-refractivity contribution < 1.29 is 13.2 Å². The van der Waals surface area contributed by atoms with Crippen LogP contribution in [-0.4, -0.2) is 14.2 Å². The van der Waals surface area contributed by atoms with E-state index in [1.54, 1.807) is 12.1 Å². The minimum absolute atomic E-state index is 0.0281. The lowest BCUT2D eigenvalue weighted by Gasteiger charge is -2.18. The number of carbonyl (C=O) groups excluding carboxylic acids is 1. The summed E-state index contributed by atoms with van der Waals surface area (Å²) in [6.07, 6.45) is 0. The van der Waals surface area contributed by atoms with Crippen LogP contribution in [0.5, 0.6) is 0 Å². The van der Waals surface area contributed by atoms with Gasteiger partial charge in [-0.3, -0.25) is 4.79 Å². The van der Waals surface area contributed by atoms with Crippen LogP contribution in [0.1, 0.15) is 15.9 Å². The average Bonchev–Trinajstić information content (AvgIpc) is 2.36. The van der Waals surface area contributed by atoms with Crippen molar-refractivity contribution in [2.24, 2.45) is 0 Å². The van der Waals surface area contributed by atoms with Crippen molar-refractivity contribution in [1.82, 2.24) is 0 Å². The molecule has 0 fully saturated rings. The zero-order valence-corrected chi connectivity index (χ0v) is 10.1. The first-order valence-corrected chi connectivity index (χ1v) is 6.78. The van der Waals surface area contributed by atoms with Gasteiger partial charge in [0, 0.05) is 16.8 Å². The van der Waals surface area contributed by atoms with Crippen LogP contribution in [0.4, 0.5) is 5.69 Å². The number of fused-ring (bicyclic) bond motifs is 2. The van der Waals surface area contributed by atoms with E-state index < -0.39 is 9.84 Å². The Bertz CT molecular complexity index is 779. The smallest absolute Gasteiger partial charge is 0.208 e. The monoisotopic (exact) mass is 259 g/mol. The van der Waals surface area contributed by atoms with Crippen LogP contribution >= 0.6 is 0 Å². The molecule has 90 valence electrons. The second-order valence-corrected chi connectivity index (χ2v) is 5.97. The van der Waals surface area contributed by atoms with Crippen LogP contribution in [0.3, 0.4) is 0 Å². The number of sulfone groups is 1. The van der Waals surface area contributed by atoms with Gasteiger partial charge >= 0.3 is 0 Å². The summed E-state index contributed by atoms with van der Waals surface area (Å²) in [7, 11) is -3.63. The van der Waals surface area contributed by atoms with Crippen molar-refractivity contribution in [1.29, 1.82) is 0 Å². The molecule has 0 aliphatic carbocycles. The predicted octanol–water partition coefficient (Wildman–Crippen LogP) is 1.65. The van der Waals surface area contributed by atoms with Crippen molar-refractivity contribution in [3.05, 3.63) is 53.6 Å². The number of hydrogen-bond acceptors (Lipinski definition) is 4. The first kappa shape index (κ1) is 11.0. The Labute approximate surface area is 104 Å². The van der Waals surface area contributed by atoms with Gasteiger partial charge in [0.1, 0.15) is 0 Å². The fourth-order valence-electron chi connectivity index (χ4n) is 2.11. The quantitative estimate of drug-likeness (QED) is 0.623. The molecule has 18 heavy (non-hydrogen) atoms. The summed E-state index contributed by atoms with van der Waals surface area (Å²) in [6.45, 7) is 0. The number of carbonyl (C=O) groups is 1. The van der Waals surface area contributed by atoms with Gasteiger partial charge in [0.15, 0.2) is 5.78 Å². The number of nitrogen functional groups attached to an aromatic ring is 1. The third-order valence-corrected chi connectivity index (χ3v) is 4.83. The molecular weight excluding hydrogens is 250 g/mol. The highest BCUT2D eigenvalue weighted by molar-refractivity contribution is 7.91. The van der Waals surface area contributed by atoms with Crippen LogP contribution in [0.15, 0.2) is 52.3 Å². The summed E-state index contributed by atoms with van der Waals surface area (Å²) >= 11 is 0. The van der Waals surface area contributed by atoms with Crippen LogP contribution in [-0.2, 0) is 9.84 Å². The van der Waals surface area contributed by atoms with Gasteiger partial charge in [-0.15, -0.1) is 0 Å². The molecule has 1 aliphatic heterocycles. The average molecular weight is 259 g/mol. The molecule has 4 nitrogen and oxygen atoms in total. The number of hydrogen-bond donors (Lipinski definition) is 1. The number of benzene rings is 2. The molecule has 1 heterocycles. The molecule has 1 aliphatic rings. The van der Waals surface area contributed by atoms with E-state index >= 15 is 0 Å². The molecule has 0 spiro atoms. The van der Waals surface area contributed by atoms with Crippen molar-refractivity contribution in [2.75, 3.05) is 5.73 Å². The Morgan fingerprint density at radius 2 is 1.56 bits per heavy atom. The summed E-state index contributed by atoms with van der Waals surface area (Å²) in [5, 5.41) is 0. The minimum atomic E-state index is -3.63. The topological polar surface area (TPSA) is 77.2 Å². The lowest BCUT2D eigenvalue weighted by atomic mass is 10.0. The van der Waals surface area contributed by atoms with Crippen LogP contribution in [0.25, 0.3) is 0 Å². The molecule has 5 heteroatoms. The van der Waals surface area contributed by atoms with E-state index in [1.165, 1.54) is 30.3 Å². The minimum Gasteiger partial charge on any atom is -0.399 e. The van der Waals surface area contributed by atoms with Crippen LogP contribution < -0.4 is 5.73 Å². The standard InChI is InChI=1S/C13H9NO3S/c14-8-5-6-12-10(7-8)13(15)9-3-1-2-4-11(9)18(12,16)17/h1-7H,14H2. The second-order valence-electron chi connectivity index (χ2n) is 4.08. The van der Waals surface area contributed by atoms with Crippen molar-refractivity contribution in [3.8, 4) is 0 Å². The first-order valence-electron chi connectivity index (χ1n) is 5.30. The number of rotatable bonds is 0. The molecule has 0 radical (unpaired) electrons.